The molecule has 2 heterocycles. The third kappa shape index (κ3) is 3.81. The molecule has 2 aromatic rings. The molecule has 2 N–H and O–H groups in total. The predicted molar refractivity (Wildman–Crippen MR) is 82.4 cm³/mol. The monoisotopic (exact) mass is 287 g/mol. The SMILES string of the molecule is CCc1cc(C(=O)NCCc2ccnn2C)cc(NC)n1. The van der Waals surface area contributed by atoms with E-state index >= 15 is 0 Å². The van der Waals surface area contributed by atoms with Gasteiger partial charge in [0, 0.05) is 50.2 Å². The Bertz CT molecular complexity index is 598. The Hall–Kier alpha value is -2.37. The van der Waals surface area contributed by atoms with Crippen LogP contribution in [0, 0.1) is 0 Å². The molecule has 0 aromatic carbocycles. The fourth-order valence-corrected chi connectivity index (χ4v) is 2.08. The maximum atomic E-state index is 12.2. The zero-order chi connectivity index (χ0) is 15.2. The molecule has 0 aliphatic rings. The van der Waals surface area contributed by atoms with Crippen LogP contribution >= 0.6 is 0 Å². The van der Waals surface area contributed by atoms with Gasteiger partial charge >= 0.3 is 0 Å². The normalized spacial score (nSPS) is 10.4. The summed E-state index contributed by atoms with van der Waals surface area (Å²) >= 11 is 0. The van der Waals surface area contributed by atoms with E-state index in [2.05, 4.69) is 20.7 Å². The fourth-order valence-electron chi connectivity index (χ4n) is 2.08. The largest absolute Gasteiger partial charge is 0.373 e. The lowest BCUT2D eigenvalue weighted by Crippen LogP contribution is -2.26. The number of aryl methyl sites for hydroxylation is 2. The number of pyridine rings is 1. The average molecular weight is 287 g/mol. The van der Waals surface area contributed by atoms with Crippen molar-refractivity contribution in [3.8, 4) is 0 Å². The number of rotatable bonds is 6. The summed E-state index contributed by atoms with van der Waals surface area (Å²) in [7, 11) is 3.69. The lowest BCUT2D eigenvalue weighted by atomic mass is 10.1. The van der Waals surface area contributed by atoms with Gasteiger partial charge in [0.2, 0.25) is 0 Å². The summed E-state index contributed by atoms with van der Waals surface area (Å²) < 4.78 is 1.81. The van der Waals surface area contributed by atoms with E-state index in [4.69, 9.17) is 0 Å². The van der Waals surface area contributed by atoms with Crippen LogP contribution in [0.5, 0.6) is 0 Å². The van der Waals surface area contributed by atoms with Gasteiger partial charge in [-0.15, -0.1) is 0 Å². The topological polar surface area (TPSA) is 71.8 Å². The van der Waals surface area contributed by atoms with Gasteiger partial charge in [0.1, 0.15) is 5.82 Å². The van der Waals surface area contributed by atoms with E-state index in [9.17, 15) is 4.79 Å². The van der Waals surface area contributed by atoms with E-state index in [0.29, 0.717) is 17.9 Å². The number of hydrogen-bond donors (Lipinski definition) is 2. The molecule has 0 saturated heterocycles. The van der Waals surface area contributed by atoms with Gasteiger partial charge in [-0.25, -0.2) is 4.98 Å². The molecule has 0 saturated carbocycles. The summed E-state index contributed by atoms with van der Waals surface area (Å²) in [6.45, 7) is 2.60. The number of nitrogens with one attached hydrogen (secondary N) is 2. The first kappa shape index (κ1) is 15.0. The quantitative estimate of drug-likeness (QED) is 0.842. The third-order valence-electron chi connectivity index (χ3n) is 3.35. The second kappa shape index (κ2) is 6.88. The van der Waals surface area contributed by atoms with E-state index in [1.165, 1.54) is 0 Å². The third-order valence-corrected chi connectivity index (χ3v) is 3.35. The lowest BCUT2D eigenvalue weighted by Gasteiger charge is -2.09. The Labute approximate surface area is 124 Å². The Morgan fingerprint density at radius 1 is 1.38 bits per heavy atom. The van der Waals surface area contributed by atoms with E-state index in [0.717, 1.165) is 24.2 Å². The van der Waals surface area contributed by atoms with Crippen LogP contribution in [0.4, 0.5) is 5.82 Å². The highest BCUT2D eigenvalue weighted by Crippen LogP contribution is 2.10. The van der Waals surface area contributed by atoms with Crippen LogP contribution < -0.4 is 10.6 Å². The van der Waals surface area contributed by atoms with Crippen molar-refractivity contribution in [1.82, 2.24) is 20.1 Å². The van der Waals surface area contributed by atoms with Gasteiger partial charge in [-0.05, 0) is 24.6 Å². The highest BCUT2D eigenvalue weighted by Gasteiger charge is 2.09. The van der Waals surface area contributed by atoms with Crippen molar-refractivity contribution >= 4 is 11.7 Å². The number of anilines is 1. The van der Waals surface area contributed by atoms with Crippen LogP contribution in [0.25, 0.3) is 0 Å². The zero-order valence-corrected chi connectivity index (χ0v) is 12.7. The van der Waals surface area contributed by atoms with Crippen molar-refractivity contribution in [3.05, 3.63) is 41.3 Å². The molecule has 0 aliphatic heterocycles. The summed E-state index contributed by atoms with van der Waals surface area (Å²) in [5.41, 5.74) is 2.63. The van der Waals surface area contributed by atoms with Crippen LogP contribution in [0.1, 0.15) is 28.7 Å². The highest BCUT2D eigenvalue weighted by molar-refractivity contribution is 5.95. The molecule has 2 rings (SSSR count). The van der Waals surface area contributed by atoms with E-state index < -0.39 is 0 Å². The van der Waals surface area contributed by atoms with Gasteiger partial charge in [0.25, 0.3) is 5.91 Å². The van der Waals surface area contributed by atoms with Crippen LogP contribution in [-0.4, -0.2) is 34.3 Å². The van der Waals surface area contributed by atoms with E-state index in [1.54, 1.807) is 19.3 Å². The molecule has 0 unspecified atom stereocenters. The molecule has 6 heteroatoms. The van der Waals surface area contributed by atoms with Gasteiger partial charge < -0.3 is 10.6 Å². The first-order chi connectivity index (χ1) is 10.1. The van der Waals surface area contributed by atoms with Crippen molar-refractivity contribution in [2.45, 2.75) is 19.8 Å². The Balaban J connectivity index is 1.98. The van der Waals surface area contributed by atoms with Gasteiger partial charge in [-0.1, -0.05) is 6.92 Å². The summed E-state index contributed by atoms with van der Waals surface area (Å²) in [5.74, 6) is 0.636. The van der Waals surface area contributed by atoms with Crippen molar-refractivity contribution in [3.63, 3.8) is 0 Å². The minimum atomic E-state index is -0.0780. The minimum absolute atomic E-state index is 0.0780. The number of nitrogens with zero attached hydrogens (tertiary/aromatic N) is 3. The summed E-state index contributed by atoms with van der Waals surface area (Å²) in [4.78, 5) is 16.6. The van der Waals surface area contributed by atoms with Crippen molar-refractivity contribution in [1.29, 1.82) is 0 Å². The Kier molecular flexibility index (Phi) is 4.92. The lowest BCUT2D eigenvalue weighted by molar-refractivity contribution is 0.0954. The van der Waals surface area contributed by atoms with Gasteiger partial charge in [-0.2, -0.15) is 5.10 Å². The predicted octanol–water partition coefficient (Wildman–Crippen LogP) is 1.39. The van der Waals surface area contributed by atoms with Crippen molar-refractivity contribution in [2.24, 2.45) is 7.05 Å². The molecule has 0 atom stereocenters. The van der Waals surface area contributed by atoms with Crippen molar-refractivity contribution in [2.75, 3.05) is 18.9 Å². The first-order valence-electron chi connectivity index (χ1n) is 7.07. The van der Waals surface area contributed by atoms with Crippen LogP contribution in [0.3, 0.4) is 0 Å². The molecule has 21 heavy (non-hydrogen) atoms. The molecule has 6 nitrogen and oxygen atoms in total. The van der Waals surface area contributed by atoms with Gasteiger partial charge in [0.15, 0.2) is 0 Å². The number of amides is 1. The second-order valence-electron chi connectivity index (χ2n) is 4.79. The molecular weight excluding hydrogens is 266 g/mol. The summed E-state index contributed by atoms with van der Waals surface area (Å²) in [5, 5.41) is 10.0. The molecule has 1 amide bonds. The molecule has 112 valence electrons. The molecule has 0 bridgehead atoms. The van der Waals surface area contributed by atoms with E-state index in [-0.39, 0.29) is 5.91 Å². The maximum Gasteiger partial charge on any atom is 0.251 e. The number of hydrogen-bond acceptors (Lipinski definition) is 4. The molecule has 0 fully saturated rings. The number of carbonyl (C=O) groups excluding carboxylic acids is 1. The van der Waals surface area contributed by atoms with Gasteiger partial charge in [0.05, 0.1) is 0 Å². The van der Waals surface area contributed by atoms with Gasteiger partial charge in [-0.3, -0.25) is 9.48 Å². The number of aromatic nitrogens is 3. The molecule has 0 spiro atoms. The molecule has 0 aliphatic carbocycles. The molecular formula is C15H21N5O. The van der Waals surface area contributed by atoms with Crippen LogP contribution in [0.2, 0.25) is 0 Å². The highest BCUT2D eigenvalue weighted by atomic mass is 16.1. The second-order valence-corrected chi connectivity index (χ2v) is 4.79. The first-order valence-corrected chi connectivity index (χ1v) is 7.07. The van der Waals surface area contributed by atoms with E-state index in [1.807, 2.05) is 30.8 Å². The van der Waals surface area contributed by atoms with Crippen molar-refractivity contribution < 1.29 is 4.79 Å². The van der Waals surface area contributed by atoms with Crippen LogP contribution in [-0.2, 0) is 19.9 Å². The average Bonchev–Trinajstić information content (AvgIpc) is 2.92. The molecule has 2 aromatic heterocycles. The summed E-state index contributed by atoms with van der Waals surface area (Å²) in [6.07, 6.45) is 3.31. The Morgan fingerprint density at radius 2 is 2.19 bits per heavy atom. The summed E-state index contributed by atoms with van der Waals surface area (Å²) in [6, 6.07) is 5.55. The minimum Gasteiger partial charge on any atom is -0.373 e. The zero-order valence-electron chi connectivity index (χ0n) is 12.7. The fraction of sp³-hybridized carbons (Fsp3) is 0.400. The smallest absolute Gasteiger partial charge is 0.251 e. The van der Waals surface area contributed by atoms with Crippen LogP contribution in [0.15, 0.2) is 24.4 Å². The maximum absolute atomic E-state index is 12.2. The molecule has 0 radical (unpaired) electrons. The number of carbonyl (C=O) groups is 1. The Morgan fingerprint density at radius 3 is 2.81 bits per heavy atom. The standard InChI is InChI=1S/C15H21N5O/c1-4-12-9-11(10-14(16-2)19-12)15(21)17-7-5-13-6-8-18-20(13)3/h6,8-10H,4-5,7H2,1-3H3,(H,16,19)(H,17,21).